The van der Waals surface area contributed by atoms with Crippen molar-refractivity contribution in [3.05, 3.63) is 56.2 Å². The Balaban J connectivity index is 2.35. The highest BCUT2D eigenvalue weighted by Gasteiger charge is 2.17. The number of aryl methyl sites for hydroxylation is 2. The summed E-state index contributed by atoms with van der Waals surface area (Å²) in [5, 5.41) is 4.47. The quantitative estimate of drug-likeness (QED) is 0.757. The molecule has 0 fully saturated rings. The zero-order valence-corrected chi connectivity index (χ0v) is 13.9. The van der Waals surface area contributed by atoms with Gasteiger partial charge in [-0.05, 0) is 61.7 Å². The number of rotatable bonds is 6. The molecule has 0 aliphatic heterocycles. The Kier molecular flexibility index (Phi) is 5.64. The van der Waals surface area contributed by atoms with Crippen LogP contribution in [-0.4, -0.2) is 6.54 Å². The summed E-state index contributed by atoms with van der Waals surface area (Å²) in [7, 11) is 0. The zero-order chi connectivity index (χ0) is 14.5. The van der Waals surface area contributed by atoms with Crippen LogP contribution in [0.1, 0.15) is 47.2 Å². The molecule has 1 nitrogen and oxygen atoms in total. The summed E-state index contributed by atoms with van der Waals surface area (Å²) in [6, 6.07) is 11.0. The second kappa shape index (κ2) is 7.26. The van der Waals surface area contributed by atoms with Gasteiger partial charge < -0.3 is 5.32 Å². The average Bonchev–Trinajstić information content (AvgIpc) is 2.90. The Morgan fingerprint density at radius 3 is 2.60 bits per heavy atom. The molecule has 0 bridgehead atoms. The molecule has 108 valence electrons. The van der Waals surface area contributed by atoms with Crippen LogP contribution in [0.5, 0.6) is 0 Å². The molecule has 1 atom stereocenters. The number of nitrogens with one attached hydrogen (secondary N) is 1. The monoisotopic (exact) mass is 307 g/mol. The Labute approximate surface area is 131 Å². The van der Waals surface area contributed by atoms with Gasteiger partial charge in [-0.15, -0.1) is 11.3 Å². The summed E-state index contributed by atoms with van der Waals surface area (Å²) in [6.07, 6.45) is 2.24. The molecule has 1 heterocycles. The van der Waals surface area contributed by atoms with Gasteiger partial charge in [0.2, 0.25) is 0 Å². The van der Waals surface area contributed by atoms with Crippen molar-refractivity contribution in [3.63, 3.8) is 0 Å². The van der Waals surface area contributed by atoms with Crippen LogP contribution in [-0.2, 0) is 6.42 Å². The van der Waals surface area contributed by atoms with Gasteiger partial charge in [-0.2, -0.15) is 0 Å². The third-order valence-corrected chi connectivity index (χ3v) is 4.99. The largest absolute Gasteiger partial charge is 0.306 e. The summed E-state index contributed by atoms with van der Waals surface area (Å²) in [4.78, 5) is 2.83. The number of halogens is 1. The van der Waals surface area contributed by atoms with E-state index in [2.05, 4.69) is 44.3 Å². The van der Waals surface area contributed by atoms with Crippen LogP contribution in [0.2, 0.25) is 5.02 Å². The van der Waals surface area contributed by atoms with Crippen molar-refractivity contribution in [2.24, 2.45) is 0 Å². The van der Waals surface area contributed by atoms with E-state index in [-0.39, 0.29) is 6.04 Å². The van der Waals surface area contributed by atoms with Crippen LogP contribution in [0.15, 0.2) is 30.3 Å². The SMILES string of the molecule is CCCNC(c1ccc(CC)s1)c1ccc(Cl)cc1C. The van der Waals surface area contributed by atoms with E-state index in [9.17, 15) is 0 Å². The number of hydrogen-bond acceptors (Lipinski definition) is 2. The maximum atomic E-state index is 6.08. The Morgan fingerprint density at radius 2 is 2.00 bits per heavy atom. The van der Waals surface area contributed by atoms with Crippen LogP contribution in [0, 0.1) is 6.92 Å². The first-order chi connectivity index (χ1) is 9.65. The highest BCUT2D eigenvalue weighted by Crippen LogP contribution is 2.31. The lowest BCUT2D eigenvalue weighted by Crippen LogP contribution is -2.23. The molecule has 1 aromatic carbocycles. The van der Waals surface area contributed by atoms with Gasteiger partial charge in [0.1, 0.15) is 0 Å². The van der Waals surface area contributed by atoms with E-state index >= 15 is 0 Å². The lowest BCUT2D eigenvalue weighted by atomic mass is 10.00. The van der Waals surface area contributed by atoms with Crippen molar-refractivity contribution in [2.45, 2.75) is 39.7 Å². The molecule has 0 saturated heterocycles. The molecule has 0 spiro atoms. The number of thiophene rings is 1. The molecule has 1 N–H and O–H groups in total. The smallest absolute Gasteiger partial charge is 0.0673 e. The molecule has 0 saturated carbocycles. The topological polar surface area (TPSA) is 12.0 Å². The molecule has 2 rings (SSSR count). The van der Waals surface area contributed by atoms with Crippen molar-refractivity contribution in [1.29, 1.82) is 0 Å². The second-order valence-corrected chi connectivity index (χ2v) is 6.68. The standard InChI is InChI=1S/C17H22ClNS/c1-4-10-19-17(16-9-7-14(5-2)20-16)15-8-6-13(18)11-12(15)3/h6-9,11,17,19H,4-5,10H2,1-3H3. The van der Waals surface area contributed by atoms with Crippen molar-refractivity contribution >= 4 is 22.9 Å². The fourth-order valence-electron chi connectivity index (χ4n) is 2.36. The summed E-state index contributed by atoms with van der Waals surface area (Å²) < 4.78 is 0. The van der Waals surface area contributed by atoms with Gasteiger partial charge >= 0.3 is 0 Å². The van der Waals surface area contributed by atoms with E-state index < -0.39 is 0 Å². The summed E-state index contributed by atoms with van der Waals surface area (Å²) >= 11 is 7.98. The van der Waals surface area contributed by atoms with E-state index in [1.165, 1.54) is 20.9 Å². The van der Waals surface area contributed by atoms with Gasteiger partial charge in [-0.25, -0.2) is 0 Å². The van der Waals surface area contributed by atoms with Gasteiger partial charge in [-0.3, -0.25) is 0 Å². The zero-order valence-electron chi connectivity index (χ0n) is 12.4. The Hall–Kier alpha value is -0.830. The van der Waals surface area contributed by atoms with Crippen molar-refractivity contribution in [1.82, 2.24) is 5.32 Å². The first-order valence-corrected chi connectivity index (χ1v) is 8.43. The van der Waals surface area contributed by atoms with Gasteiger partial charge in [0.05, 0.1) is 6.04 Å². The van der Waals surface area contributed by atoms with E-state index in [4.69, 9.17) is 11.6 Å². The van der Waals surface area contributed by atoms with Crippen LogP contribution in [0.25, 0.3) is 0 Å². The normalized spacial score (nSPS) is 12.6. The molecule has 0 aliphatic rings. The van der Waals surface area contributed by atoms with Gasteiger partial charge in [-0.1, -0.05) is 31.5 Å². The van der Waals surface area contributed by atoms with Gasteiger partial charge in [0.25, 0.3) is 0 Å². The third-order valence-electron chi connectivity index (χ3n) is 3.46. The predicted molar refractivity (Wildman–Crippen MR) is 90.0 cm³/mol. The van der Waals surface area contributed by atoms with Crippen LogP contribution >= 0.6 is 22.9 Å². The Morgan fingerprint density at radius 1 is 1.20 bits per heavy atom. The maximum Gasteiger partial charge on any atom is 0.0673 e. The fourth-order valence-corrected chi connectivity index (χ4v) is 3.63. The van der Waals surface area contributed by atoms with Gasteiger partial charge in [0, 0.05) is 14.8 Å². The van der Waals surface area contributed by atoms with E-state index in [0.29, 0.717) is 0 Å². The molecule has 20 heavy (non-hydrogen) atoms. The maximum absolute atomic E-state index is 6.08. The summed E-state index contributed by atoms with van der Waals surface area (Å²) in [6.45, 7) is 7.56. The molecule has 2 aromatic rings. The summed E-state index contributed by atoms with van der Waals surface area (Å²) in [5.41, 5.74) is 2.57. The molecule has 0 radical (unpaired) electrons. The second-order valence-electron chi connectivity index (χ2n) is 5.05. The Bertz CT molecular complexity index is 562. The van der Waals surface area contributed by atoms with Crippen molar-refractivity contribution in [2.75, 3.05) is 6.54 Å². The minimum atomic E-state index is 0.275. The minimum Gasteiger partial charge on any atom is -0.306 e. The molecule has 0 aliphatic carbocycles. The van der Waals surface area contributed by atoms with Gasteiger partial charge in [0.15, 0.2) is 0 Å². The van der Waals surface area contributed by atoms with Crippen LogP contribution in [0.4, 0.5) is 0 Å². The molecule has 1 aromatic heterocycles. The first-order valence-electron chi connectivity index (χ1n) is 7.23. The van der Waals surface area contributed by atoms with E-state index in [1.54, 1.807) is 0 Å². The molecule has 1 unspecified atom stereocenters. The molecular weight excluding hydrogens is 286 g/mol. The lowest BCUT2D eigenvalue weighted by molar-refractivity contribution is 0.603. The number of hydrogen-bond donors (Lipinski definition) is 1. The highest BCUT2D eigenvalue weighted by atomic mass is 35.5. The fraction of sp³-hybridized carbons (Fsp3) is 0.412. The third kappa shape index (κ3) is 3.63. The predicted octanol–water partition coefficient (Wildman–Crippen LogP) is 5.36. The average molecular weight is 308 g/mol. The van der Waals surface area contributed by atoms with Crippen LogP contribution < -0.4 is 5.32 Å². The van der Waals surface area contributed by atoms with Crippen molar-refractivity contribution < 1.29 is 0 Å². The van der Waals surface area contributed by atoms with Crippen LogP contribution in [0.3, 0.4) is 0 Å². The summed E-state index contributed by atoms with van der Waals surface area (Å²) in [5.74, 6) is 0. The van der Waals surface area contributed by atoms with Crippen molar-refractivity contribution in [3.8, 4) is 0 Å². The highest BCUT2D eigenvalue weighted by molar-refractivity contribution is 7.12. The van der Waals surface area contributed by atoms with E-state index in [1.807, 2.05) is 23.5 Å². The molecule has 0 amide bonds. The lowest BCUT2D eigenvalue weighted by Gasteiger charge is -2.20. The van der Waals surface area contributed by atoms with E-state index in [0.717, 1.165) is 24.4 Å². The number of benzene rings is 1. The molecular formula is C17H22ClNS. The minimum absolute atomic E-state index is 0.275. The first kappa shape index (κ1) is 15.6. The molecule has 3 heteroatoms.